The number of hydrogen-bond acceptors (Lipinski definition) is 6. The minimum Gasteiger partial charge on any atom is -0.494 e. The van der Waals surface area contributed by atoms with Crippen molar-refractivity contribution in [3.63, 3.8) is 0 Å². The van der Waals surface area contributed by atoms with Gasteiger partial charge >= 0.3 is 0 Å². The van der Waals surface area contributed by atoms with Crippen LogP contribution in [-0.4, -0.2) is 55.5 Å². The summed E-state index contributed by atoms with van der Waals surface area (Å²) < 4.78 is 6.40. The Morgan fingerprint density at radius 1 is 1.03 bits per heavy atom. The van der Waals surface area contributed by atoms with E-state index in [2.05, 4.69) is 18.7 Å². The van der Waals surface area contributed by atoms with Crippen molar-refractivity contribution in [2.24, 2.45) is 0 Å². The van der Waals surface area contributed by atoms with E-state index >= 15 is 0 Å². The van der Waals surface area contributed by atoms with Crippen molar-refractivity contribution >= 4 is 64.1 Å². The van der Waals surface area contributed by atoms with E-state index in [0.29, 0.717) is 15.8 Å². The molecule has 0 radical (unpaired) electrons. The monoisotopic (exact) mass is 505 g/mol. The van der Waals surface area contributed by atoms with E-state index in [1.807, 2.05) is 73.6 Å². The first-order valence-electron chi connectivity index (χ1n) is 10.9. The van der Waals surface area contributed by atoms with Gasteiger partial charge in [0.05, 0.1) is 17.2 Å². The van der Waals surface area contributed by atoms with Crippen LogP contribution in [0.25, 0.3) is 6.08 Å². The average molecular weight is 506 g/mol. The van der Waals surface area contributed by atoms with Crippen LogP contribution in [0, 0.1) is 0 Å². The van der Waals surface area contributed by atoms with Gasteiger partial charge in [-0.2, -0.15) is 0 Å². The molecule has 0 saturated carbocycles. The largest absolute Gasteiger partial charge is 0.494 e. The molecule has 5 nitrogen and oxygen atoms in total. The molecule has 1 aliphatic heterocycles. The summed E-state index contributed by atoms with van der Waals surface area (Å²) in [7, 11) is 4.01. The fourth-order valence-corrected chi connectivity index (χ4v) is 4.72. The van der Waals surface area contributed by atoms with Gasteiger partial charge in [0.2, 0.25) is 0 Å². The second kappa shape index (κ2) is 13.0. The summed E-state index contributed by atoms with van der Waals surface area (Å²) in [4.78, 5) is 19.7. The lowest BCUT2D eigenvalue weighted by atomic mass is 10.2. The third-order valence-electron chi connectivity index (χ3n) is 5.38. The number of carbonyl (C=O) groups excluding carboxylic acids is 1. The maximum Gasteiger partial charge on any atom is 0.270 e. The molecule has 0 N–H and O–H groups in total. The van der Waals surface area contributed by atoms with Gasteiger partial charge < -0.3 is 14.5 Å². The summed E-state index contributed by atoms with van der Waals surface area (Å²) >= 11 is 6.83. The summed E-state index contributed by atoms with van der Waals surface area (Å²) in [5.74, 6) is 0.708. The highest BCUT2D eigenvalue weighted by Gasteiger charge is 2.33. The molecular weight excluding hydrogens is 474 g/mol. The molecule has 178 valence electrons. The van der Waals surface area contributed by atoms with E-state index in [1.54, 1.807) is 4.90 Å². The van der Waals surface area contributed by atoms with Crippen molar-refractivity contribution in [1.29, 1.82) is 0 Å². The number of anilines is 2. The van der Waals surface area contributed by atoms with Gasteiger partial charge in [-0.3, -0.25) is 9.69 Å². The van der Waals surface area contributed by atoms with E-state index in [4.69, 9.17) is 17.0 Å². The van der Waals surface area contributed by atoms with E-state index in [9.17, 15) is 4.79 Å². The maximum absolute atomic E-state index is 13.0. The first-order valence-corrected chi connectivity index (χ1v) is 12.2. The Balaban J connectivity index is 0.00000385. The molecule has 0 aliphatic carbocycles. The van der Waals surface area contributed by atoms with E-state index in [1.165, 1.54) is 11.8 Å². The van der Waals surface area contributed by atoms with Gasteiger partial charge in [0.15, 0.2) is 4.32 Å². The fourth-order valence-electron chi connectivity index (χ4n) is 3.42. The van der Waals surface area contributed by atoms with Crippen LogP contribution in [0.4, 0.5) is 11.4 Å². The van der Waals surface area contributed by atoms with Gasteiger partial charge in [-0.15, -0.1) is 12.4 Å². The summed E-state index contributed by atoms with van der Waals surface area (Å²) in [6, 6.07) is 15.7. The van der Waals surface area contributed by atoms with E-state index < -0.39 is 0 Å². The molecule has 2 aromatic rings. The molecule has 0 aromatic heterocycles. The number of carbonyl (C=O) groups is 1. The lowest BCUT2D eigenvalue weighted by Gasteiger charge is -2.18. The summed E-state index contributed by atoms with van der Waals surface area (Å²) in [6.45, 7) is 8.17. The Bertz CT molecular complexity index is 959. The van der Waals surface area contributed by atoms with Gasteiger partial charge in [0.1, 0.15) is 5.75 Å². The Morgan fingerprint density at radius 2 is 1.67 bits per heavy atom. The van der Waals surface area contributed by atoms with E-state index in [0.717, 1.165) is 48.7 Å². The average Bonchev–Trinajstić information content (AvgIpc) is 3.07. The van der Waals surface area contributed by atoms with Crippen molar-refractivity contribution < 1.29 is 9.53 Å². The maximum atomic E-state index is 13.0. The summed E-state index contributed by atoms with van der Waals surface area (Å²) in [5.41, 5.74) is 2.85. The molecule has 8 heteroatoms. The van der Waals surface area contributed by atoms with Crippen LogP contribution in [0.5, 0.6) is 5.75 Å². The summed E-state index contributed by atoms with van der Waals surface area (Å²) in [6.07, 6.45) is 2.88. The molecule has 3 rings (SSSR count). The number of benzene rings is 2. The molecule has 1 aliphatic rings. The zero-order valence-corrected chi connectivity index (χ0v) is 22.1. The Labute approximate surface area is 213 Å². The van der Waals surface area contributed by atoms with Crippen LogP contribution < -0.4 is 14.5 Å². The molecule has 1 amide bonds. The SMILES string of the molecule is CCN(CC)CCCOc1ccc(N2C(=O)C(=Cc3ccc(N(C)C)cc3)SC2=S)cc1.Cl. The summed E-state index contributed by atoms with van der Waals surface area (Å²) in [5, 5.41) is 0. The normalized spacial score (nSPS) is 14.7. The van der Waals surface area contributed by atoms with Gasteiger partial charge in [-0.05, 0) is 67.5 Å². The molecule has 1 fully saturated rings. The lowest BCUT2D eigenvalue weighted by molar-refractivity contribution is -0.113. The lowest BCUT2D eigenvalue weighted by Crippen LogP contribution is -2.27. The third kappa shape index (κ3) is 7.21. The molecule has 1 saturated heterocycles. The Kier molecular flexibility index (Phi) is 10.7. The van der Waals surface area contributed by atoms with Crippen LogP contribution in [0.2, 0.25) is 0 Å². The quantitative estimate of drug-likeness (QED) is 0.234. The number of ether oxygens (including phenoxy) is 1. The molecule has 0 bridgehead atoms. The van der Waals surface area contributed by atoms with Gasteiger partial charge in [-0.1, -0.05) is 50.0 Å². The van der Waals surface area contributed by atoms with Crippen molar-refractivity contribution in [2.45, 2.75) is 20.3 Å². The van der Waals surface area contributed by atoms with E-state index in [-0.39, 0.29) is 18.3 Å². The second-order valence-corrected chi connectivity index (χ2v) is 9.40. The molecule has 0 spiro atoms. The number of halogens is 1. The van der Waals surface area contributed by atoms with Crippen LogP contribution >= 0.6 is 36.4 Å². The predicted molar refractivity (Wildman–Crippen MR) is 148 cm³/mol. The topological polar surface area (TPSA) is 36.0 Å². The molecule has 0 unspecified atom stereocenters. The minimum atomic E-state index is -0.0930. The highest BCUT2D eigenvalue weighted by atomic mass is 35.5. The molecular formula is C25H32ClN3O2S2. The molecule has 1 heterocycles. The number of hydrogen-bond donors (Lipinski definition) is 0. The zero-order chi connectivity index (χ0) is 23.1. The first kappa shape index (κ1) is 27.2. The highest BCUT2D eigenvalue weighted by molar-refractivity contribution is 8.27. The Morgan fingerprint density at radius 3 is 2.24 bits per heavy atom. The molecule has 2 aromatic carbocycles. The number of thiocarbonyl (C=S) groups is 1. The number of thioether (sulfide) groups is 1. The zero-order valence-electron chi connectivity index (χ0n) is 19.6. The third-order valence-corrected chi connectivity index (χ3v) is 6.68. The first-order chi connectivity index (χ1) is 15.4. The van der Waals surface area contributed by atoms with Crippen molar-refractivity contribution in [3.8, 4) is 5.75 Å². The van der Waals surface area contributed by atoms with Crippen molar-refractivity contribution in [1.82, 2.24) is 4.90 Å². The molecule has 33 heavy (non-hydrogen) atoms. The number of amides is 1. The highest BCUT2D eigenvalue weighted by Crippen LogP contribution is 2.36. The minimum absolute atomic E-state index is 0. The molecule has 0 atom stereocenters. The standard InChI is InChI=1S/C25H31N3O2S2.ClH/c1-5-27(6-2)16-7-17-30-22-14-12-21(13-15-22)28-24(29)23(32-25(28)31)18-19-8-10-20(11-9-19)26(3)4;/h8-15,18H,5-7,16-17H2,1-4H3;1H. The van der Waals surface area contributed by atoms with Crippen LogP contribution in [-0.2, 0) is 4.79 Å². The van der Waals surface area contributed by atoms with Crippen LogP contribution in [0.15, 0.2) is 53.4 Å². The van der Waals surface area contributed by atoms with Gasteiger partial charge in [-0.25, -0.2) is 0 Å². The predicted octanol–water partition coefficient (Wildman–Crippen LogP) is 5.69. The smallest absolute Gasteiger partial charge is 0.270 e. The Hall–Kier alpha value is -2.06. The number of nitrogens with zero attached hydrogens (tertiary/aromatic N) is 3. The fraction of sp³-hybridized carbons (Fsp3) is 0.360. The number of rotatable bonds is 10. The van der Waals surface area contributed by atoms with Crippen LogP contribution in [0.1, 0.15) is 25.8 Å². The van der Waals surface area contributed by atoms with Gasteiger partial charge in [0.25, 0.3) is 5.91 Å². The van der Waals surface area contributed by atoms with Crippen LogP contribution in [0.3, 0.4) is 0 Å². The van der Waals surface area contributed by atoms with Crippen molar-refractivity contribution in [3.05, 3.63) is 59.0 Å². The van der Waals surface area contributed by atoms with Gasteiger partial charge in [0, 0.05) is 26.3 Å². The van der Waals surface area contributed by atoms with Crippen molar-refractivity contribution in [2.75, 3.05) is 50.1 Å². The second-order valence-electron chi connectivity index (χ2n) is 7.73.